The minimum absolute atomic E-state index is 0.00200. The summed E-state index contributed by atoms with van der Waals surface area (Å²) in [6.07, 6.45) is 1.75. The lowest BCUT2D eigenvalue weighted by molar-refractivity contribution is -0.114. The molecule has 3 rings (SSSR count). The van der Waals surface area contributed by atoms with E-state index in [0.29, 0.717) is 35.1 Å². The maximum Gasteiger partial charge on any atom is 0.335 e. The highest BCUT2D eigenvalue weighted by molar-refractivity contribution is 14.1. The Labute approximate surface area is 194 Å². The van der Waals surface area contributed by atoms with Crippen molar-refractivity contribution in [3.05, 3.63) is 56.7 Å². The molecule has 2 aromatic carbocycles. The number of carbonyl (C=O) groups excluding carboxylic acids is 1. The van der Waals surface area contributed by atoms with Crippen molar-refractivity contribution in [1.82, 2.24) is 0 Å². The van der Waals surface area contributed by atoms with Crippen LogP contribution in [0.4, 0.5) is 5.69 Å². The lowest BCUT2D eigenvalue weighted by atomic mass is 10.1. The Morgan fingerprint density at radius 2 is 2.03 bits per heavy atom. The predicted octanol–water partition coefficient (Wildman–Crippen LogP) is 4.98. The first-order valence-corrected chi connectivity index (χ1v) is 10.9. The molecule has 1 amide bonds. The second kappa shape index (κ2) is 9.51. The fourth-order valence-corrected chi connectivity index (χ4v) is 3.83. The molecule has 0 radical (unpaired) electrons. The highest BCUT2D eigenvalue weighted by Crippen LogP contribution is 2.36. The first-order valence-electron chi connectivity index (χ1n) is 9.79. The lowest BCUT2D eigenvalue weighted by Gasteiger charge is -2.17. The second-order valence-corrected chi connectivity index (χ2v) is 8.31. The molecule has 31 heavy (non-hydrogen) atoms. The summed E-state index contributed by atoms with van der Waals surface area (Å²) in [5.41, 5.74) is 2.24. The minimum Gasteiger partial charge on any atom is -0.490 e. The molecule has 0 aliphatic carbocycles. The van der Waals surface area contributed by atoms with Gasteiger partial charge in [-0.1, -0.05) is 6.07 Å². The van der Waals surface area contributed by atoms with Crippen LogP contribution in [0, 0.1) is 3.57 Å². The van der Waals surface area contributed by atoms with Crippen LogP contribution in [0.2, 0.25) is 0 Å². The number of carboxylic acid groups (broad SMARTS) is 1. The zero-order valence-corrected chi connectivity index (χ0v) is 19.8. The lowest BCUT2D eigenvalue weighted by Crippen LogP contribution is -2.21. The normalized spacial score (nSPS) is 14.9. The number of nitrogens with zero attached hydrogens (tertiary/aromatic N) is 2. The van der Waals surface area contributed by atoms with Gasteiger partial charge in [-0.3, -0.25) is 4.79 Å². The van der Waals surface area contributed by atoms with E-state index < -0.39 is 5.97 Å². The van der Waals surface area contributed by atoms with E-state index in [-0.39, 0.29) is 17.6 Å². The van der Waals surface area contributed by atoms with E-state index in [1.807, 2.05) is 32.9 Å². The van der Waals surface area contributed by atoms with E-state index >= 15 is 0 Å². The molecule has 0 unspecified atom stereocenters. The van der Waals surface area contributed by atoms with E-state index in [1.54, 1.807) is 25.1 Å². The zero-order chi connectivity index (χ0) is 22.7. The van der Waals surface area contributed by atoms with Gasteiger partial charge in [0.05, 0.1) is 38.8 Å². The number of hydrazone groups is 1. The van der Waals surface area contributed by atoms with Crippen molar-refractivity contribution >= 4 is 51.9 Å². The number of hydrogen-bond donors (Lipinski definition) is 1. The van der Waals surface area contributed by atoms with Gasteiger partial charge in [-0.2, -0.15) is 10.1 Å². The molecule has 1 aliphatic heterocycles. The number of halogens is 1. The van der Waals surface area contributed by atoms with Crippen LogP contribution in [0.25, 0.3) is 6.08 Å². The highest BCUT2D eigenvalue weighted by Gasteiger charge is 2.29. The van der Waals surface area contributed by atoms with E-state index in [1.165, 1.54) is 17.1 Å². The summed E-state index contributed by atoms with van der Waals surface area (Å²) in [5.74, 6) is -0.0990. The Balaban J connectivity index is 1.97. The van der Waals surface area contributed by atoms with E-state index in [2.05, 4.69) is 27.7 Å². The Hall–Kier alpha value is -2.88. The maximum absolute atomic E-state index is 13.0. The van der Waals surface area contributed by atoms with E-state index in [0.717, 1.165) is 9.13 Å². The second-order valence-electron chi connectivity index (χ2n) is 7.15. The SMILES string of the molecule is CCOc1cc(/C=C2/C(=O)N(c3cccc(C(=O)O)c3)N=C2C)cc(I)c1OC(C)C. The van der Waals surface area contributed by atoms with Gasteiger partial charge in [-0.05, 0) is 92.3 Å². The van der Waals surface area contributed by atoms with Crippen molar-refractivity contribution in [3.8, 4) is 11.5 Å². The molecule has 1 heterocycles. The van der Waals surface area contributed by atoms with Gasteiger partial charge in [0, 0.05) is 0 Å². The van der Waals surface area contributed by atoms with Crippen molar-refractivity contribution in [2.24, 2.45) is 5.10 Å². The number of rotatable bonds is 7. The molecule has 0 fully saturated rings. The average molecular weight is 534 g/mol. The molecule has 2 aromatic rings. The summed E-state index contributed by atoms with van der Waals surface area (Å²) in [5, 5.41) is 14.8. The molecule has 8 heteroatoms. The quantitative estimate of drug-likeness (QED) is 0.400. The maximum atomic E-state index is 13.0. The molecule has 0 spiro atoms. The molecular formula is C23H23IN2O5. The molecule has 7 nitrogen and oxygen atoms in total. The van der Waals surface area contributed by atoms with Crippen LogP contribution in [0.1, 0.15) is 43.6 Å². The van der Waals surface area contributed by atoms with Crippen molar-refractivity contribution in [2.45, 2.75) is 33.8 Å². The third kappa shape index (κ3) is 5.07. The van der Waals surface area contributed by atoms with Gasteiger partial charge < -0.3 is 14.6 Å². The number of benzene rings is 2. The number of carboxylic acids is 1. The minimum atomic E-state index is -1.06. The molecule has 162 valence electrons. The fraction of sp³-hybridized carbons (Fsp3) is 0.261. The predicted molar refractivity (Wildman–Crippen MR) is 128 cm³/mol. The largest absolute Gasteiger partial charge is 0.490 e. The number of carbonyl (C=O) groups is 2. The van der Waals surface area contributed by atoms with E-state index in [9.17, 15) is 14.7 Å². The van der Waals surface area contributed by atoms with Gasteiger partial charge >= 0.3 is 5.97 Å². The van der Waals surface area contributed by atoms with Gasteiger partial charge in [-0.15, -0.1) is 0 Å². The molecule has 0 saturated carbocycles. The van der Waals surface area contributed by atoms with Crippen molar-refractivity contribution in [2.75, 3.05) is 11.6 Å². The average Bonchev–Trinajstić information content (AvgIpc) is 2.99. The molecule has 0 aromatic heterocycles. The topological polar surface area (TPSA) is 88.4 Å². The third-order valence-corrected chi connectivity index (χ3v) is 5.20. The van der Waals surface area contributed by atoms with Gasteiger partial charge in [0.1, 0.15) is 0 Å². The Bertz CT molecular complexity index is 1090. The van der Waals surface area contributed by atoms with Crippen LogP contribution in [0.5, 0.6) is 11.5 Å². The molecule has 0 saturated heterocycles. The number of anilines is 1. The molecule has 0 bridgehead atoms. The van der Waals surface area contributed by atoms with Crippen LogP contribution in [0.15, 0.2) is 47.1 Å². The summed E-state index contributed by atoms with van der Waals surface area (Å²) < 4.78 is 12.5. The fourth-order valence-electron chi connectivity index (χ4n) is 3.08. The number of aromatic carboxylic acids is 1. The van der Waals surface area contributed by atoms with Crippen LogP contribution in [-0.4, -0.2) is 35.4 Å². The summed E-state index contributed by atoms with van der Waals surface area (Å²) in [6.45, 7) is 8.03. The number of amides is 1. The first-order chi connectivity index (χ1) is 14.7. The first kappa shape index (κ1) is 22.8. The van der Waals surface area contributed by atoms with Crippen molar-refractivity contribution in [3.63, 3.8) is 0 Å². The summed E-state index contributed by atoms with van der Waals surface area (Å²) in [4.78, 5) is 24.3. The monoisotopic (exact) mass is 534 g/mol. The van der Waals surface area contributed by atoms with Crippen LogP contribution >= 0.6 is 22.6 Å². The van der Waals surface area contributed by atoms with Gasteiger partial charge in [0.15, 0.2) is 11.5 Å². The Kier molecular flexibility index (Phi) is 6.99. The van der Waals surface area contributed by atoms with Gasteiger partial charge in [-0.25, -0.2) is 4.79 Å². The summed E-state index contributed by atoms with van der Waals surface area (Å²) in [7, 11) is 0. The number of hydrogen-bond acceptors (Lipinski definition) is 5. The summed E-state index contributed by atoms with van der Waals surface area (Å²) in [6, 6.07) is 9.89. The highest BCUT2D eigenvalue weighted by atomic mass is 127. The van der Waals surface area contributed by atoms with Gasteiger partial charge in [0.2, 0.25) is 0 Å². The summed E-state index contributed by atoms with van der Waals surface area (Å²) >= 11 is 2.19. The van der Waals surface area contributed by atoms with Crippen molar-refractivity contribution in [1.29, 1.82) is 0 Å². The smallest absolute Gasteiger partial charge is 0.335 e. The molecular weight excluding hydrogens is 511 g/mol. The van der Waals surface area contributed by atoms with E-state index in [4.69, 9.17) is 9.47 Å². The van der Waals surface area contributed by atoms with Crippen LogP contribution in [-0.2, 0) is 4.79 Å². The van der Waals surface area contributed by atoms with Gasteiger partial charge in [0.25, 0.3) is 5.91 Å². The standard InChI is InChI=1S/C23H23IN2O5/c1-5-30-20-11-15(10-19(24)21(20)31-13(2)3)9-18-14(4)25-26(22(18)27)17-8-6-7-16(12-17)23(28)29/h6-13H,5H2,1-4H3,(H,28,29)/b18-9+. The molecule has 1 N–H and O–H groups in total. The van der Waals surface area contributed by atoms with Crippen LogP contribution < -0.4 is 14.5 Å². The Morgan fingerprint density at radius 3 is 2.68 bits per heavy atom. The molecule has 0 atom stereocenters. The third-order valence-electron chi connectivity index (χ3n) is 4.40. The molecule has 1 aliphatic rings. The Morgan fingerprint density at radius 1 is 1.29 bits per heavy atom. The zero-order valence-electron chi connectivity index (χ0n) is 17.7. The number of ether oxygens (including phenoxy) is 2. The van der Waals surface area contributed by atoms with Crippen LogP contribution in [0.3, 0.4) is 0 Å². The van der Waals surface area contributed by atoms with Crippen molar-refractivity contribution < 1.29 is 24.2 Å².